The lowest BCUT2D eigenvalue weighted by Crippen LogP contribution is -2.58. The van der Waals surface area contributed by atoms with Crippen molar-refractivity contribution in [3.8, 4) is 6.07 Å². The van der Waals surface area contributed by atoms with E-state index >= 15 is 0 Å². The SMILES string of the molecule is CNC(C1CCCCC1)C1(C#N)COC1. The molecule has 0 radical (unpaired) electrons. The van der Waals surface area contributed by atoms with Crippen LogP contribution in [0, 0.1) is 22.7 Å². The molecule has 1 N–H and O–H groups in total. The predicted octanol–water partition coefficient (Wildman–Crippen LogP) is 1.69. The van der Waals surface area contributed by atoms with E-state index in [1.165, 1.54) is 32.1 Å². The van der Waals surface area contributed by atoms with Crippen LogP contribution >= 0.6 is 0 Å². The second-order valence-electron chi connectivity index (χ2n) is 4.93. The highest BCUT2D eigenvalue weighted by Gasteiger charge is 2.48. The zero-order valence-electron chi connectivity index (χ0n) is 9.46. The average Bonchev–Trinajstić information content (AvgIpc) is 2.24. The largest absolute Gasteiger partial charge is 0.378 e. The molecule has 0 aromatic heterocycles. The number of nitrogens with zero attached hydrogens (tertiary/aromatic N) is 1. The van der Waals surface area contributed by atoms with Crippen LogP contribution in [0.3, 0.4) is 0 Å². The third-order valence-electron chi connectivity index (χ3n) is 3.97. The Labute approximate surface area is 91.8 Å². The van der Waals surface area contributed by atoms with Gasteiger partial charge in [0.05, 0.1) is 19.3 Å². The molecule has 15 heavy (non-hydrogen) atoms. The summed E-state index contributed by atoms with van der Waals surface area (Å²) < 4.78 is 5.24. The lowest BCUT2D eigenvalue weighted by molar-refractivity contribution is -0.107. The summed E-state index contributed by atoms with van der Waals surface area (Å²) in [5.41, 5.74) is -0.239. The number of nitrogens with one attached hydrogen (secondary N) is 1. The van der Waals surface area contributed by atoms with E-state index in [1.807, 2.05) is 7.05 Å². The maximum absolute atomic E-state index is 9.30. The van der Waals surface area contributed by atoms with Crippen LogP contribution in [0.1, 0.15) is 32.1 Å². The summed E-state index contributed by atoms with van der Waals surface area (Å²) in [6.07, 6.45) is 6.56. The van der Waals surface area contributed by atoms with E-state index in [9.17, 15) is 5.26 Å². The second kappa shape index (κ2) is 4.51. The Hall–Kier alpha value is -0.590. The molecular formula is C12H20N2O. The minimum atomic E-state index is -0.239. The van der Waals surface area contributed by atoms with Crippen molar-refractivity contribution in [3.63, 3.8) is 0 Å². The van der Waals surface area contributed by atoms with E-state index in [0.717, 1.165) is 0 Å². The maximum atomic E-state index is 9.30. The molecule has 2 rings (SSSR count). The van der Waals surface area contributed by atoms with Crippen LogP contribution < -0.4 is 5.32 Å². The van der Waals surface area contributed by atoms with Crippen molar-refractivity contribution in [2.45, 2.75) is 38.1 Å². The van der Waals surface area contributed by atoms with Gasteiger partial charge in [-0.3, -0.25) is 0 Å². The van der Waals surface area contributed by atoms with Crippen LogP contribution in [0.4, 0.5) is 0 Å². The topological polar surface area (TPSA) is 45.0 Å². The van der Waals surface area contributed by atoms with Gasteiger partial charge in [-0.2, -0.15) is 5.26 Å². The molecule has 2 fully saturated rings. The van der Waals surface area contributed by atoms with E-state index in [1.54, 1.807) is 0 Å². The first-order valence-electron chi connectivity index (χ1n) is 5.99. The minimum Gasteiger partial charge on any atom is -0.378 e. The molecule has 1 aliphatic carbocycles. The van der Waals surface area contributed by atoms with Gasteiger partial charge in [0.25, 0.3) is 0 Å². The third-order valence-corrected chi connectivity index (χ3v) is 3.97. The number of nitriles is 1. The molecule has 0 aromatic carbocycles. The van der Waals surface area contributed by atoms with Crippen molar-refractivity contribution in [1.29, 1.82) is 5.26 Å². The van der Waals surface area contributed by atoms with Crippen LogP contribution in [0.2, 0.25) is 0 Å². The molecule has 1 saturated heterocycles. The molecule has 3 heteroatoms. The number of hydrogen-bond acceptors (Lipinski definition) is 3. The van der Waals surface area contributed by atoms with Crippen LogP contribution in [-0.4, -0.2) is 26.3 Å². The fourth-order valence-electron chi connectivity index (χ4n) is 3.07. The average molecular weight is 208 g/mol. The first kappa shape index (κ1) is 10.9. The fraction of sp³-hybridized carbons (Fsp3) is 0.917. The molecule has 2 aliphatic rings. The molecule has 0 aromatic rings. The van der Waals surface area contributed by atoms with Crippen LogP contribution in [-0.2, 0) is 4.74 Å². The van der Waals surface area contributed by atoms with Gasteiger partial charge in [0, 0.05) is 6.04 Å². The van der Waals surface area contributed by atoms with Gasteiger partial charge in [-0.1, -0.05) is 19.3 Å². The molecule has 3 nitrogen and oxygen atoms in total. The van der Waals surface area contributed by atoms with Crippen molar-refractivity contribution in [2.24, 2.45) is 11.3 Å². The van der Waals surface area contributed by atoms with Crippen molar-refractivity contribution >= 4 is 0 Å². The van der Waals surface area contributed by atoms with Gasteiger partial charge in [-0.15, -0.1) is 0 Å². The molecular weight excluding hydrogens is 188 g/mol. The molecule has 1 saturated carbocycles. The standard InChI is InChI=1S/C12H20N2O/c1-14-11(10-5-3-2-4-6-10)12(7-13)8-15-9-12/h10-11,14H,2-6,8-9H2,1H3. The van der Waals surface area contributed by atoms with Crippen molar-refractivity contribution in [2.75, 3.05) is 20.3 Å². The lowest BCUT2D eigenvalue weighted by Gasteiger charge is -2.45. The van der Waals surface area contributed by atoms with E-state index in [2.05, 4.69) is 11.4 Å². The molecule has 0 bridgehead atoms. The number of hydrogen-bond donors (Lipinski definition) is 1. The smallest absolute Gasteiger partial charge is 0.119 e. The van der Waals surface area contributed by atoms with Gasteiger partial charge in [0.2, 0.25) is 0 Å². The van der Waals surface area contributed by atoms with Crippen LogP contribution in [0.15, 0.2) is 0 Å². The zero-order valence-corrected chi connectivity index (χ0v) is 9.46. The highest BCUT2D eigenvalue weighted by atomic mass is 16.5. The first-order chi connectivity index (χ1) is 7.32. The van der Waals surface area contributed by atoms with Gasteiger partial charge in [-0.05, 0) is 25.8 Å². The fourth-order valence-corrected chi connectivity index (χ4v) is 3.07. The lowest BCUT2D eigenvalue weighted by atomic mass is 9.69. The Morgan fingerprint density at radius 1 is 1.33 bits per heavy atom. The van der Waals surface area contributed by atoms with E-state index < -0.39 is 0 Å². The van der Waals surface area contributed by atoms with Crippen molar-refractivity contribution < 1.29 is 4.74 Å². The molecule has 1 unspecified atom stereocenters. The maximum Gasteiger partial charge on any atom is 0.119 e. The molecule has 0 amide bonds. The Morgan fingerprint density at radius 2 is 2.00 bits per heavy atom. The molecule has 84 valence electrons. The van der Waals surface area contributed by atoms with Crippen molar-refractivity contribution in [1.82, 2.24) is 5.32 Å². The summed E-state index contributed by atoms with van der Waals surface area (Å²) in [5, 5.41) is 12.7. The summed E-state index contributed by atoms with van der Waals surface area (Å²) in [6.45, 7) is 1.23. The summed E-state index contributed by atoms with van der Waals surface area (Å²) in [7, 11) is 1.98. The summed E-state index contributed by atoms with van der Waals surface area (Å²) in [5.74, 6) is 0.673. The normalized spacial score (nSPS) is 27.7. The van der Waals surface area contributed by atoms with Gasteiger partial charge in [0.15, 0.2) is 0 Å². The first-order valence-corrected chi connectivity index (χ1v) is 5.99. The molecule has 1 atom stereocenters. The van der Waals surface area contributed by atoms with E-state index in [0.29, 0.717) is 25.2 Å². The van der Waals surface area contributed by atoms with Crippen molar-refractivity contribution in [3.05, 3.63) is 0 Å². The van der Waals surface area contributed by atoms with Gasteiger partial charge < -0.3 is 10.1 Å². The van der Waals surface area contributed by atoms with Crippen LogP contribution in [0.5, 0.6) is 0 Å². The molecule has 0 spiro atoms. The third kappa shape index (κ3) is 1.89. The highest BCUT2D eigenvalue weighted by molar-refractivity contribution is 5.12. The minimum absolute atomic E-state index is 0.239. The van der Waals surface area contributed by atoms with Gasteiger partial charge in [0.1, 0.15) is 5.41 Å². The number of rotatable bonds is 3. The van der Waals surface area contributed by atoms with E-state index in [4.69, 9.17) is 4.74 Å². The highest BCUT2D eigenvalue weighted by Crippen LogP contribution is 2.39. The van der Waals surface area contributed by atoms with Gasteiger partial charge >= 0.3 is 0 Å². The quantitative estimate of drug-likeness (QED) is 0.767. The Morgan fingerprint density at radius 3 is 2.40 bits per heavy atom. The Kier molecular flexibility index (Phi) is 3.28. The molecule has 1 aliphatic heterocycles. The Balaban J connectivity index is 2.05. The predicted molar refractivity (Wildman–Crippen MR) is 58.3 cm³/mol. The summed E-state index contributed by atoms with van der Waals surface area (Å²) in [6, 6.07) is 2.81. The molecule has 1 heterocycles. The monoisotopic (exact) mass is 208 g/mol. The summed E-state index contributed by atoms with van der Waals surface area (Å²) >= 11 is 0. The summed E-state index contributed by atoms with van der Waals surface area (Å²) in [4.78, 5) is 0. The second-order valence-corrected chi connectivity index (χ2v) is 4.93. The zero-order chi connectivity index (χ0) is 10.7. The Bertz CT molecular complexity index is 249. The van der Waals surface area contributed by atoms with Gasteiger partial charge in [-0.25, -0.2) is 0 Å². The van der Waals surface area contributed by atoms with E-state index in [-0.39, 0.29) is 5.41 Å². The number of ether oxygens (including phenoxy) is 1. The van der Waals surface area contributed by atoms with Crippen LogP contribution in [0.25, 0.3) is 0 Å².